The Morgan fingerprint density at radius 2 is 1.71 bits per heavy atom. The second-order valence-electron chi connectivity index (χ2n) is 8.28. The molecule has 1 aliphatic heterocycles. The first-order valence-corrected chi connectivity index (χ1v) is 10.4. The second-order valence-corrected chi connectivity index (χ2v) is 8.28. The van der Waals surface area contributed by atoms with E-state index in [0.29, 0.717) is 17.7 Å². The topological polar surface area (TPSA) is 78.6 Å². The fourth-order valence-corrected chi connectivity index (χ4v) is 4.39. The molecule has 156 valence electrons. The Morgan fingerprint density at radius 1 is 0.968 bits per heavy atom. The standard InChI is InChI=1S/C26H23NO4/c1-16-19(3-2-4-21(16)17-5-7-18(8-6-17)25(27)29)13-24(28)26(11-12-26)20-9-10-22-23(14-20)31-15-30-22/h2-10,14H,11-13,15H2,1H3,(H2,27,29). The van der Waals surface area contributed by atoms with Gasteiger partial charge in [-0.05, 0) is 71.8 Å². The number of fused-ring (bicyclic) bond motifs is 1. The van der Waals surface area contributed by atoms with Crippen LogP contribution in [0.25, 0.3) is 11.1 Å². The Kier molecular flexibility index (Phi) is 4.54. The maximum absolute atomic E-state index is 13.4. The van der Waals surface area contributed by atoms with Gasteiger partial charge in [0.1, 0.15) is 5.78 Å². The Bertz CT molecular complexity index is 1190. The molecule has 5 heteroatoms. The van der Waals surface area contributed by atoms with Crippen LogP contribution >= 0.6 is 0 Å². The number of amides is 1. The van der Waals surface area contributed by atoms with Crippen LogP contribution in [0.5, 0.6) is 11.5 Å². The van der Waals surface area contributed by atoms with Gasteiger partial charge in [0, 0.05) is 12.0 Å². The normalized spacial score (nSPS) is 15.5. The van der Waals surface area contributed by atoms with Gasteiger partial charge in [-0.3, -0.25) is 9.59 Å². The quantitative estimate of drug-likeness (QED) is 0.652. The van der Waals surface area contributed by atoms with E-state index in [2.05, 4.69) is 0 Å². The zero-order valence-electron chi connectivity index (χ0n) is 17.3. The van der Waals surface area contributed by atoms with Crippen molar-refractivity contribution < 1.29 is 19.1 Å². The molecule has 2 aliphatic rings. The van der Waals surface area contributed by atoms with Gasteiger partial charge >= 0.3 is 0 Å². The summed E-state index contributed by atoms with van der Waals surface area (Å²) in [5.74, 6) is 1.24. The summed E-state index contributed by atoms with van der Waals surface area (Å²) in [4.78, 5) is 24.7. The Hall–Kier alpha value is -3.60. The van der Waals surface area contributed by atoms with Gasteiger partial charge in [0.25, 0.3) is 0 Å². The van der Waals surface area contributed by atoms with Crippen molar-refractivity contribution in [1.29, 1.82) is 0 Å². The number of ether oxygens (including phenoxy) is 2. The minimum Gasteiger partial charge on any atom is -0.454 e. The summed E-state index contributed by atoms with van der Waals surface area (Å²) in [6.45, 7) is 2.27. The van der Waals surface area contributed by atoms with E-state index in [1.165, 1.54) is 0 Å². The minimum atomic E-state index is -0.444. The summed E-state index contributed by atoms with van der Waals surface area (Å²) >= 11 is 0. The molecule has 2 N–H and O–H groups in total. The summed E-state index contributed by atoms with van der Waals surface area (Å²) in [5, 5.41) is 0. The van der Waals surface area contributed by atoms with E-state index in [9.17, 15) is 9.59 Å². The number of rotatable bonds is 6. The molecule has 0 bridgehead atoms. The van der Waals surface area contributed by atoms with Crippen molar-refractivity contribution >= 4 is 11.7 Å². The largest absolute Gasteiger partial charge is 0.454 e. The highest BCUT2D eigenvalue weighted by atomic mass is 16.7. The van der Waals surface area contributed by atoms with Crippen LogP contribution in [0.15, 0.2) is 60.7 Å². The molecule has 1 fully saturated rings. The average Bonchev–Trinajstić information content (AvgIpc) is 3.46. The number of hydrogen-bond donors (Lipinski definition) is 1. The number of ketones is 1. The highest BCUT2D eigenvalue weighted by molar-refractivity contribution is 5.95. The van der Waals surface area contributed by atoms with E-state index >= 15 is 0 Å². The fraction of sp³-hybridized carbons (Fsp3) is 0.231. The Morgan fingerprint density at radius 3 is 2.42 bits per heavy atom. The first-order chi connectivity index (χ1) is 15.0. The lowest BCUT2D eigenvalue weighted by molar-refractivity contribution is -0.120. The van der Waals surface area contributed by atoms with Crippen LogP contribution in [0.2, 0.25) is 0 Å². The summed E-state index contributed by atoms with van der Waals surface area (Å²) in [5.41, 5.74) is 10.6. The van der Waals surface area contributed by atoms with Crippen LogP contribution < -0.4 is 15.2 Å². The van der Waals surface area contributed by atoms with E-state index < -0.39 is 11.3 Å². The van der Waals surface area contributed by atoms with Crippen molar-refractivity contribution in [3.63, 3.8) is 0 Å². The number of primary amides is 1. The number of carbonyl (C=O) groups is 2. The van der Waals surface area contributed by atoms with E-state index in [0.717, 1.165) is 46.4 Å². The molecule has 1 amide bonds. The van der Waals surface area contributed by atoms with Crippen LogP contribution in [-0.2, 0) is 16.6 Å². The van der Waals surface area contributed by atoms with E-state index in [-0.39, 0.29) is 12.6 Å². The van der Waals surface area contributed by atoms with Crippen LogP contribution in [0.1, 0.15) is 39.9 Å². The van der Waals surface area contributed by atoms with Crippen LogP contribution in [0, 0.1) is 6.92 Å². The molecule has 5 rings (SSSR count). The molecule has 3 aromatic rings. The van der Waals surface area contributed by atoms with Gasteiger partial charge in [0.05, 0.1) is 5.41 Å². The third-order valence-corrected chi connectivity index (χ3v) is 6.49. The van der Waals surface area contributed by atoms with Gasteiger partial charge in [0.15, 0.2) is 11.5 Å². The smallest absolute Gasteiger partial charge is 0.248 e. The number of hydrogen-bond acceptors (Lipinski definition) is 4. The van der Waals surface area contributed by atoms with Crippen LogP contribution in [0.4, 0.5) is 0 Å². The van der Waals surface area contributed by atoms with Crippen molar-refractivity contribution in [2.45, 2.75) is 31.6 Å². The number of benzene rings is 3. The van der Waals surface area contributed by atoms with Gasteiger partial charge in [-0.15, -0.1) is 0 Å². The zero-order valence-corrected chi connectivity index (χ0v) is 17.3. The Balaban J connectivity index is 1.41. The lowest BCUT2D eigenvalue weighted by Gasteiger charge is -2.17. The lowest BCUT2D eigenvalue weighted by Crippen LogP contribution is -2.23. The third kappa shape index (κ3) is 3.36. The first-order valence-electron chi connectivity index (χ1n) is 10.4. The molecule has 31 heavy (non-hydrogen) atoms. The molecule has 0 spiro atoms. The molecular formula is C26H23NO4. The maximum atomic E-state index is 13.4. The highest BCUT2D eigenvalue weighted by Crippen LogP contribution is 2.51. The van der Waals surface area contributed by atoms with Crippen LogP contribution in [0.3, 0.4) is 0 Å². The van der Waals surface area contributed by atoms with Crippen molar-refractivity contribution in [2.24, 2.45) is 5.73 Å². The summed E-state index contributed by atoms with van der Waals surface area (Å²) in [6.07, 6.45) is 2.10. The lowest BCUT2D eigenvalue weighted by atomic mass is 9.85. The maximum Gasteiger partial charge on any atom is 0.248 e. The van der Waals surface area contributed by atoms with Crippen molar-refractivity contribution in [3.05, 3.63) is 82.9 Å². The van der Waals surface area contributed by atoms with E-state index in [1.54, 1.807) is 12.1 Å². The minimum absolute atomic E-state index is 0.228. The van der Waals surface area contributed by atoms with Crippen molar-refractivity contribution in [3.8, 4) is 22.6 Å². The molecule has 0 unspecified atom stereocenters. The van der Waals surface area contributed by atoms with Crippen LogP contribution in [-0.4, -0.2) is 18.5 Å². The predicted octanol–water partition coefficient (Wildman–Crippen LogP) is 4.33. The highest BCUT2D eigenvalue weighted by Gasteiger charge is 2.50. The molecule has 1 saturated carbocycles. The molecular weight excluding hydrogens is 390 g/mol. The monoisotopic (exact) mass is 413 g/mol. The van der Waals surface area contributed by atoms with Gasteiger partial charge in [-0.2, -0.15) is 0 Å². The average molecular weight is 413 g/mol. The Labute approximate surface area is 180 Å². The molecule has 5 nitrogen and oxygen atoms in total. The molecule has 0 saturated heterocycles. The third-order valence-electron chi connectivity index (χ3n) is 6.49. The first kappa shape index (κ1) is 19.4. The van der Waals surface area contributed by atoms with Gasteiger partial charge in [-0.1, -0.05) is 36.4 Å². The summed E-state index contributed by atoms with van der Waals surface area (Å²) in [7, 11) is 0. The van der Waals surface area contributed by atoms with Crippen molar-refractivity contribution in [1.82, 2.24) is 0 Å². The second kappa shape index (κ2) is 7.27. The van der Waals surface area contributed by atoms with Gasteiger partial charge in [-0.25, -0.2) is 0 Å². The predicted molar refractivity (Wildman–Crippen MR) is 117 cm³/mol. The molecule has 1 aliphatic carbocycles. The van der Waals surface area contributed by atoms with Gasteiger partial charge in [0.2, 0.25) is 12.7 Å². The van der Waals surface area contributed by atoms with Crippen molar-refractivity contribution in [2.75, 3.05) is 6.79 Å². The fourth-order valence-electron chi connectivity index (χ4n) is 4.39. The number of Topliss-reactive ketones (excluding diaryl/α,β-unsaturated/α-hetero) is 1. The molecule has 3 aromatic carbocycles. The SMILES string of the molecule is Cc1c(CC(=O)C2(c3ccc4c(c3)OCO4)CC2)cccc1-c1ccc(C(N)=O)cc1. The molecule has 0 atom stereocenters. The van der Waals surface area contributed by atoms with Gasteiger partial charge < -0.3 is 15.2 Å². The summed E-state index contributed by atoms with van der Waals surface area (Å²) in [6, 6.07) is 19.1. The van der Waals surface area contributed by atoms with E-state index in [1.807, 2.05) is 55.5 Å². The summed E-state index contributed by atoms with van der Waals surface area (Å²) < 4.78 is 10.9. The molecule has 0 radical (unpaired) electrons. The zero-order chi connectivity index (χ0) is 21.6. The number of carbonyl (C=O) groups excluding carboxylic acids is 2. The number of nitrogens with two attached hydrogens (primary N) is 1. The van der Waals surface area contributed by atoms with E-state index in [4.69, 9.17) is 15.2 Å². The molecule has 0 aromatic heterocycles. The molecule has 1 heterocycles.